The first-order valence-electron chi connectivity index (χ1n) is 9.32. The van der Waals surface area contributed by atoms with Gasteiger partial charge >= 0.3 is 0 Å². The molecule has 1 saturated carbocycles. The summed E-state index contributed by atoms with van der Waals surface area (Å²) < 4.78 is 6.29. The van der Waals surface area contributed by atoms with Crippen LogP contribution in [-0.4, -0.2) is 48.3 Å². The Balaban J connectivity index is 1.63. The van der Waals surface area contributed by atoms with E-state index in [4.69, 9.17) is 4.74 Å². The van der Waals surface area contributed by atoms with E-state index in [0.29, 0.717) is 6.04 Å². The molecule has 0 radical (unpaired) electrons. The molecule has 0 aromatic heterocycles. The Morgan fingerprint density at radius 1 is 1.14 bits per heavy atom. The zero-order chi connectivity index (χ0) is 14.7. The quantitative estimate of drug-likeness (QED) is 0.861. The van der Waals surface area contributed by atoms with E-state index in [-0.39, 0.29) is 5.60 Å². The van der Waals surface area contributed by atoms with Crippen LogP contribution in [0, 0.1) is 0 Å². The van der Waals surface area contributed by atoms with Gasteiger partial charge in [-0.15, -0.1) is 0 Å². The van der Waals surface area contributed by atoms with Crippen LogP contribution >= 0.6 is 0 Å². The summed E-state index contributed by atoms with van der Waals surface area (Å²) in [4.78, 5) is 2.78. The van der Waals surface area contributed by atoms with Gasteiger partial charge in [-0.2, -0.15) is 0 Å². The molecule has 2 aliphatic heterocycles. The van der Waals surface area contributed by atoms with Crippen LogP contribution in [0.2, 0.25) is 0 Å². The van der Waals surface area contributed by atoms with Crippen LogP contribution in [0.25, 0.3) is 0 Å². The minimum atomic E-state index is 0.234. The van der Waals surface area contributed by atoms with Gasteiger partial charge in [-0.3, -0.25) is 4.90 Å². The summed E-state index contributed by atoms with van der Waals surface area (Å²) in [5.74, 6) is 0. The Labute approximate surface area is 130 Å². The molecular formula is C18H34N2O. The average molecular weight is 294 g/mol. The fraction of sp³-hybridized carbons (Fsp3) is 1.00. The second kappa shape index (κ2) is 6.97. The van der Waals surface area contributed by atoms with Gasteiger partial charge in [-0.25, -0.2) is 0 Å². The van der Waals surface area contributed by atoms with Crippen molar-refractivity contribution in [1.29, 1.82) is 0 Å². The Hall–Kier alpha value is -0.120. The van der Waals surface area contributed by atoms with Crippen LogP contribution in [0.1, 0.15) is 71.6 Å². The molecule has 21 heavy (non-hydrogen) atoms. The number of rotatable bonds is 4. The minimum Gasteiger partial charge on any atom is -0.375 e. The lowest BCUT2D eigenvalue weighted by Crippen LogP contribution is -2.54. The molecule has 3 fully saturated rings. The normalized spacial score (nSPS) is 33.1. The maximum Gasteiger partial charge on any atom is 0.0697 e. The number of ether oxygens (including phenoxy) is 1. The van der Waals surface area contributed by atoms with Gasteiger partial charge in [0.1, 0.15) is 0 Å². The summed E-state index contributed by atoms with van der Waals surface area (Å²) in [6.07, 6.45) is 12.0. The van der Waals surface area contributed by atoms with Gasteiger partial charge in [0.2, 0.25) is 0 Å². The Morgan fingerprint density at radius 3 is 2.62 bits per heavy atom. The summed E-state index contributed by atoms with van der Waals surface area (Å²) in [5.41, 5.74) is 0.234. The van der Waals surface area contributed by atoms with Crippen LogP contribution in [-0.2, 0) is 4.74 Å². The van der Waals surface area contributed by atoms with Crippen LogP contribution in [0.4, 0.5) is 0 Å². The Morgan fingerprint density at radius 2 is 1.95 bits per heavy atom. The highest BCUT2D eigenvalue weighted by Crippen LogP contribution is 2.40. The van der Waals surface area contributed by atoms with Crippen LogP contribution in [0.15, 0.2) is 0 Å². The minimum absolute atomic E-state index is 0.234. The standard InChI is InChI=1S/C18H34N2O/c1-15(2)20(14-16-7-6-11-19-16)17-8-12-21-18(13-17)9-4-3-5-10-18/h15-17,19H,3-14H2,1-2H3. The van der Waals surface area contributed by atoms with E-state index in [0.717, 1.165) is 18.7 Å². The van der Waals surface area contributed by atoms with E-state index in [1.54, 1.807) is 0 Å². The molecule has 3 nitrogen and oxygen atoms in total. The van der Waals surface area contributed by atoms with Crippen molar-refractivity contribution < 1.29 is 4.74 Å². The lowest BCUT2D eigenvalue weighted by Gasteiger charge is -2.48. The molecule has 2 unspecified atom stereocenters. The van der Waals surface area contributed by atoms with Crippen LogP contribution < -0.4 is 5.32 Å². The van der Waals surface area contributed by atoms with Crippen molar-refractivity contribution in [2.75, 3.05) is 19.7 Å². The molecule has 0 bridgehead atoms. The van der Waals surface area contributed by atoms with E-state index in [9.17, 15) is 0 Å². The molecular weight excluding hydrogens is 260 g/mol. The van der Waals surface area contributed by atoms with Crippen molar-refractivity contribution in [3.63, 3.8) is 0 Å². The molecule has 1 aliphatic carbocycles. The highest BCUT2D eigenvalue weighted by molar-refractivity contribution is 4.94. The van der Waals surface area contributed by atoms with Crippen molar-refractivity contribution in [3.8, 4) is 0 Å². The number of hydrogen-bond donors (Lipinski definition) is 1. The topological polar surface area (TPSA) is 24.5 Å². The molecule has 3 heteroatoms. The zero-order valence-corrected chi connectivity index (χ0v) is 14.1. The molecule has 0 aromatic rings. The van der Waals surface area contributed by atoms with E-state index < -0.39 is 0 Å². The van der Waals surface area contributed by atoms with Gasteiger partial charge in [0.25, 0.3) is 0 Å². The molecule has 1 spiro atoms. The third-order valence-corrected chi connectivity index (χ3v) is 5.96. The summed E-state index contributed by atoms with van der Waals surface area (Å²) in [6, 6.07) is 2.10. The smallest absolute Gasteiger partial charge is 0.0697 e. The maximum absolute atomic E-state index is 6.29. The second-order valence-electron chi connectivity index (χ2n) is 7.82. The van der Waals surface area contributed by atoms with Gasteiger partial charge in [0.05, 0.1) is 5.60 Å². The van der Waals surface area contributed by atoms with Crippen molar-refractivity contribution in [2.24, 2.45) is 0 Å². The molecule has 1 N–H and O–H groups in total. The number of nitrogens with zero attached hydrogens (tertiary/aromatic N) is 1. The predicted molar refractivity (Wildman–Crippen MR) is 87.7 cm³/mol. The first-order valence-corrected chi connectivity index (χ1v) is 9.32. The van der Waals surface area contributed by atoms with Crippen molar-refractivity contribution in [2.45, 2.75) is 95.4 Å². The molecule has 2 atom stereocenters. The summed E-state index contributed by atoms with van der Waals surface area (Å²) >= 11 is 0. The zero-order valence-electron chi connectivity index (χ0n) is 14.1. The van der Waals surface area contributed by atoms with Gasteiger partial charge < -0.3 is 10.1 Å². The number of hydrogen-bond acceptors (Lipinski definition) is 3. The Bertz CT molecular complexity index is 314. The third-order valence-electron chi connectivity index (χ3n) is 5.96. The summed E-state index contributed by atoms with van der Waals surface area (Å²) in [5, 5.41) is 3.68. The molecule has 2 saturated heterocycles. The maximum atomic E-state index is 6.29. The van der Waals surface area contributed by atoms with Gasteiger partial charge in [0.15, 0.2) is 0 Å². The molecule has 3 rings (SSSR count). The van der Waals surface area contributed by atoms with Gasteiger partial charge in [-0.1, -0.05) is 19.3 Å². The van der Waals surface area contributed by atoms with E-state index >= 15 is 0 Å². The SMILES string of the molecule is CC(C)N(CC1CCCN1)C1CCOC2(CCCCC2)C1. The number of nitrogens with one attached hydrogen (secondary N) is 1. The molecule has 3 aliphatic rings. The average Bonchev–Trinajstić information content (AvgIpc) is 2.98. The van der Waals surface area contributed by atoms with Gasteiger partial charge in [-0.05, 0) is 58.9 Å². The van der Waals surface area contributed by atoms with Crippen LogP contribution in [0.5, 0.6) is 0 Å². The highest BCUT2D eigenvalue weighted by atomic mass is 16.5. The lowest BCUT2D eigenvalue weighted by molar-refractivity contribution is -0.127. The molecule has 2 heterocycles. The largest absolute Gasteiger partial charge is 0.375 e. The predicted octanol–water partition coefficient (Wildman–Crippen LogP) is 3.33. The highest BCUT2D eigenvalue weighted by Gasteiger charge is 2.41. The van der Waals surface area contributed by atoms with Crippen molar-refractivity contribution in [1.82, 2.24) is 10.2 Å². The summed E-state index contributed by atoms with van der Waals surface area (Å²) in [7, 11) is 0. The fourth-order valence-electron chi connectivity index (χ4n) is 4.78. The third kappa shape index (κ3) is 3.80. The van der Waals surface area contributed by atoms with E-state index in [1.165, 1.54) is 70.9 Å². The Kier molecular flexibility index (Phi) is 5.23. The van der Waals surface area contributed by atoms with Crippen molar-refractivity contribution in [3.05, 3.63) is 0 Å². The first-order chi connectivity index (χ1) is 10.2. The molecule has 0 aromatic carbocycles. The molecule has 122 valence electrons. The summed E-state index contributed by atoms with van der Waals surface area (Å²) in [6.45, 7) is 8.18. The monoisotopic (exact) mass is 294 g/mol. The van der Waals surface area contributed by atoms with Crippen LogP contribution in [0.3, 0.4) is 0 Å². The molecule has 0 amide bonds. The lowest BCUT2D eigenvalue weighted by atomic mass is 9.77. The second-order valence-corrected chi connectivity index (χ2v) is 7.82. The fourth-order valence-corrected chi connectivity index (χ4v) is 4.78. The van der Waals surface area contributed by atoms with E-state index in [1.807, 2.05) is 0 Å². The van der Waals surface area contributed by atoms with E-state index in [2.05, 4.69) is 24.1 Å². The van der Waals surface area contributed by atoms with Gasteiger partial charge in [0, 0.05) is 31.3 Å². The van der Waals surface area contributed by atoms with Crippen molar-refractivity contribution >= 4 is 0 Å². The first kappa shape index (κ1) is 15.8.